The second-order valence-electron chi connectivity index (χ2n) is 5.69. The van der Waals surface area contributed by atoms with Crippen molar-refractivity contribution < 1.29 is 4.79 Å². The van der Waals surface area contributed by atoms with Crippen molar-refractivity contribution >= 4 is 23.2 Å². The van der Waals surface area contributed by atoms with Crippen molar-refractivity contribution in [1.82, 2.24) is 10.2 Å². The van der Waals surface area contributed by atoms with Gasteiger partial charge in [-0.1, -0.05) is 17.7 Å². The second kappa shape index (κ2) is 6.12. The highest BCUT2D eigenvalue weighted by Crippen LogP contribution is 2.24. The van der Waals surface area contributed by atoms with Gasteiger partial charge in [0.25, 0.3) is 0 Å². The lowest BCUT2D eigenvalue weighted by Gasteiger charge is -2.34. The number of halogens is 1. The van der Waals surface area contributed by atoms with Crippen LogP contribution in [0.2, 0.25) is 5.02 Å². The van der Waals surface area contributed by atoms with E-state index in [4.69, 9.17) is 11.6 Å². The third kappa shape index (κ3) is 3.32. The Kier molecular flexibility index (Phi) is 4.24. The Bertz CT molecular complexity index is 494. The van der Waals surface area contributed by atoms with Crippen molar-refractivity contribution in [2.75, 3.05) is 31.5 Å². The number of anilines is 1. The fourth-order valence-corrected chi connectivity index (χ4v) is 3.43. The van der Waals surface area contributed by atoms with Crippen LogP contribution in [0.5, 0.6) is 0 Å². The molecular formula is C15H20ClN3O. The number of benzene rings is 1. The molecule has 2 unspecified atom stereocenters. The van der Waals surface area contributed by atoms with Crippen LogP contribution in [-0.4, -0.2) is 43.0 Å². The number of carbonyl (C=O) groups is 1. The van der Waals surface area contributed by atoms with E-state index in [2.05, 4.69) is 15.5 Å². The number of rotatable bonds is 3. The van der Waals surface area contributed by atoms with E-state index in [1.54, 1.807) is 12.1 Å². The predicted molar refractivity (Wildman–Crippen MR) is 81.0 cm³/mol. The van der Waals surface area contributed by atoms with Gasteiger partial charge in [0.05, 0.1) is 6.54 Å². The predicted octanol–water partition coefficient (Wildman–Crippen LogP) is 1.96. The van der Waals surface area contributed by atoms with Crippen LogP contribution >= 0.6 is 11.6 Å². The summed E-state index contributed by atoms with van der Waals surface area (Å²) in [7, 11) is 0. The van der Waals surface area contributed by atoms with E-state index >= 15 is 0 Å². The third-order valence-electron chi connectivity index (χ3n) is 4.22. The van der Waals surface area contributed by atoms with Crippen LogP contribution in [0.4, 0.5) is 5.69 Å². The number of amides is 1. The number of hydrogen-bond donors (Lipinski definition) is 2. The summed E-state index contributed by atoms with van der Waals surface area (Å²) in [6, 6.07) is 7.94. The molecule has 2 N–H and O–H groups in total. The molecular weight excluding hydrogens is 274 g/mol. The van der Waals surface area contributed by atoms with Crippen molar-refractivity contribution in [3.63, 3.8) is 0 Å². The average Bonchev–Trinajstić information content (AvgIpc) is 2.86. The van der Waals surface area contributed by atoms with Gasteiger partial charge in [-0.3, -0.25) is 9.69 Å². The minimum absolute atomic E-state index is 0.0386. The Labute approximate surface area is 124 Å². The van der Waals surface area contributed by atoms with Crippen molar-refractivity contribution in [2.45, 2.75) is 18.9 Å². The first-order valence-electron chi connectivity index (χ1n) is 7.22. The molecule has 3 rings (SSSR count). The molecule has 1 aromatic carbocycles. The Balaban J connectivity index is 1.51. The molecule has 20 heavy (non-hydrogen) atoms. The van der Waals surface area contributed by atoms with Crippen LogP contribution in [0, 0.1) is 5.92 Å². The fourth-order valence-electron chi connectivity index (χ4n) is 3.24. The van der Waals surface area contributed by atoms with Crippen LogP contribution < -0.4 is 10.6 Å². The zero-order valence-electron chi connectivity index (χ0n) is 11.4. The lowest BCUT2D eigenvalue weighted by atomic mass is 9.93. The Morgan fingerprint density at radius 3 is 3.20 bits per heavy atom. The zero-order valence-corrected chi connectivity index (χ0v) is 12.2. The van der Waals surface area contributed by atoms with E-state index in [0.717, 1.165) is 31.7 Å². The van der Waals surface area contributed by atoms with E-state index in [1.165, 1.54) is 6.42 Å². The highest BCUT2D eigenvalue weighted by Gasteiger charge is 2.32. The van der Waals surface area contributed by atoms with Crippen LogP contribution in [0.15, 0.2) is 24.3 Å². The van der Waals surface area contributed by atoms with Crippen molar-refractivity contribution in [2.24, 2.45) is 5.92 Å². The van der Waals surface area contributed by atoms with Gasteiger partial charge in [0, 0.05) is 29.8 Å². The highest BCUT2D eigenvalue weighted by molar-refractivity contribution is 6.30. The number of fused-ring (bicyclic) bond motifs is 1. The van der Waals surface area contributed by atoms with Crippen LogP contribution in [-0.2, 0) is 4.79 Å². The lowest BCUT2D eigenvalue weighted by molar-refractivity contribution is -0.117. The van der Waals surface area contributed by atoms with Gasteiger partial charge < -0.3 is 10.6 Å². The Morgan fingerprint density at radius 2 is 2.35 bits per heavy atom. The summed E-state index contributed by atoms with van der Waals surface area (Å²) in [6.45, 7) is 3.62. The third-order valence-corrected chi connectivity index (χ3v) is 4.45. The molecule has 2 atom stereocenters. The van der Waals surface area contributed by atoms with Crippen LogP contribution in [0.3, 0.4) is 0 Å². The molecule has 2 saturated heterocycles. The summed E-state index contributed by atoms with van der Waals surface area (Å²) in [5, 5.41) is 7.09. The first-order valence-corrected chi connectivity index (χ1v) is 7.59. The topological polar surface area (TPSA) is 44.4 Å². The largest absolute Gasteiger partial charge is 0.325 e. The maximum absolute atomic E-state index is 12.1. The van der Waals surface area contributed by atoms with Gasteiger partial charge in [-0.2, -0.15) is 0 Å². The summed E-state index contributed by atoms with van der Waals surface area (Å²) in [4.78, 5) is 14.3. The van der Waals surface area contributed by atoms with Gasteiger partial charge in [-0.25, -0.2) is 0 Å². The Morgan fingerprint density at radius 1 is 1.45 bits per heavy atom. The average molecular weight is 294 g/mol. The standard InChI is InChI=1S/C15H20ClN3O/c16-12-2-1-3-13(8-12)18-15(20)10-19-7-5-14-11(9-19)4-6-17-14/h1-3,8,11,14,17H,4-7,9-10H2,(H,18,20). The van der Waals surface area contributed by atoms with E-state index in [0.29, 0.717) is 23.5 Å². The number of carbonyl (C=O) groups excluding carboxylic acids is 1. The maximum Gasteiger partial charge on any atom is 0.238 e. The minimum atomic E-state index is 0.0386. The number of hydrogen-bond acceptors (Lipinski definition) is 3. The molecule has 5 heteroatoms. The molecule has 1 aromatic rings. The van der Waals surface area contributed by atoms with Gasteiger partial charge in [0.15, 0.2) is 0 Å². The summed E-state index contributed by atoms with van der Waals surface area (Å²) in [5.41, 5.74) is 0.764. The van der Waals surface area contributed by atoms with E-state index in [9.17, 15) is 4.79 Å². The van der Waals surface area contributed by atoms with Crippen molar-refractivity contribution in [3.8, 4) is 0 Å². The monoisotopic (exact) mass is 293 g/mol. The van der Waals surface area contributed by atoms with Gasteiger partial charge in [-0.05, 0) is 43.5 Å². The molecule has 0 saturated carbocycles. The fraction of sp³-hybridized carbons (Fsp3) is 0.533. The molecule has 2 aliphatic heterocycles. The van der Waals surface area contributed by atoms with Gasteiger partial charge in [0.1, 0.15) is 0 Å². The molecule has 0 aliphatic carbocycles. The molecule has 2 aliphatic rings. The van der Waals surface area contributed by atoms with Crippen LogP contribution in [0.25, 0.3) is 0 Å². The minimum Gasteiger partial charge on any atom is -0.325 e. The maximum atomic E-state index is 12.1. The number of piperidine rings is 1. The smallest absolute Gasteiger partial charge is 0.238 e. The van der Waals surface area contributed by atoms with E-state index in [1.807, 2.05) is 12.1 Å². The first-order chi connectivity index (χ1) is 9.70. The van der Waals surface area contributed by atoms with Crippen LogP contribution in [0.1, 0.15) is 12.8 Å². The van der Waals surface area contributed by atoms with Gasteiger partial charge in [-0.15, -0.1) is 0 Å². The molecule has 108 valence electrons. The second-order valence-corrected chi connectivity index (χ2v) is 6.13. The molecule has 0 spiro atoms. The lowest BCUT2D eigenvalue weighted by Crippen LogP contribution is -2.46. The first kappa shape index (κ1) is 13.9. The summed E-state index contributed by atoms with van der Waals surface area (Å²) >= 11 is 5.91. The van der Waals surface area contributed by atoms with Gasteiger partial charge in [0.2, 0.25) is 5.91 Å². The van der Waals surface area contributed by atoms with Crippen molar-refractivity contribution in [3.05, 3.63) is 29.3 Å². The van der Waals surface area contributed by atoms with E-state index < -0.39 is 0 Å². The number of likely N-dealkylation sites (tertiary alicyclic amines) is 1. The molecule has 0 aromatic heterocycles. The molecule has 0 bridgehead atoms. The highest BCUT2D eigenvalue weighted by atomic mass is 35.5. The van der Waals surface area contributed by atoms with E-state index in [-0.39, 0.29) is 5.91 Å². The molecule has 2 heterocycles. The molecule has 1 amide bonds. The quantitative estimate of drug-likeness (QED) is 0.895. The SMILES string of the molecule is O=C(CN1CCC2NCCC2C1)Nc1cccc(Cl)c1. The Hall–Kier alpha value is -1.10. The number of nitrogens with zero attached hydrogens (tertiary/aromatic N) is 1. The zero-order chi connectivity index (χ0) is 13.9. The number of nitrogens with one attached hydrogen (secondary N) is 2. The van der Waals surface area contributed by atoms with Gasteiger partial charge >= 0.3 is 0 Å². The van der Waals surface area contributed by atoms with Crippen molar-refractivity contribution in [1.29, 1.82) is 0 Å². The molecule has 0 radical (unpaired) electrons. The molecule has 4 nitrogen and oxygen atoms in total. The summed E-state index contributed by atoms with van der Waals surface area (Å²) in [6.07, 6.45) is 2.38. The summed E-state index contributed by atoms with van der Waals surface area (Å²) < 4.78 is 0. The summed E-state index contributed by atoms with van der Waals surface area (Å²) in [5.74, 6) is 0.749. The normalized spacial score (nSPS) is 26.2. The molecule has 2 fully saturated rings.